The highest BCUT2D eigenvalue weighted by Gasteiger charge is 2.22. The van der Waals surface area contributed by atoms with Crippen LogP contribution in [0.25, 0.3) is 0 Å². The number of alkyl halides is 2. The van der Waals surface area contributed by atoms with Gasteiger partial charge in [-0.1, -0.05) is 0 Å². The van der Waals surface area contributed by atoms with Crippen LogP contribution < -0.4 is 5.73 Å². The van der Waals surface area contributed by atoms with Crippen LogP contribution in [0.2, 0.25) is 0 Å². The van der Waals surface area contributed by atoms with Gasteiger partial charge in [0.25, 0.3) is 15.5 Å². The Morgan fingerprint density at radius 2 is 2.06 bits per heavy atom. The van der Waals surface area contributed by atoms with Crippen LogP contribution in [-0.4, -0.2) is 8.42 Å². The van der Waals surface area contributed by atoms with Crippen molar-refractivity contribution in [2.24, 2.45) is 5.73 Å². The Labute approximate surface area is 101 Å². The molecule has 0 saturated heterocycles. The van der Waals surface area contributed by atoms with E-state index in [0.29, 0.717) is 6.07 Å². The summed E-state index contributed by atoms with van der Waals surface area (Å²) in [6, 6.07) is 3.28. The standard InChI is InChI=1S/C9H7ClF2N2O2S/c10-17(15,16)8-2-7(9(11)12)5(3-13)1-6(8)4-14/h1-2,9H,3,13H2. The fourth-order valence-electron chi connectivity index (χ4n) is 1.31. The lowest BCUT2D eigenvalue weighted by atomic mass is 10.0. The first-order chi connectivity index (χ1) is 7.81. The van der Waals surface area contributed by atoms with Crippen molar-refractivity contribution in [3.05, 3.63) is 28.8 Å². The molecule has 0 aliphatic carbocycles. The lowest BCUT2D eigenvalue weighted by Crippen LogP contribution is -2.06. The first-order valence-electron chi connectivity index (χ1n) is 4.31. The lowest BCUT2D eigenvalue weighted by molar-refractivity contribution is 0.150. The summed E-state index contributed by atoms with van der Waals surface area (Å²) in [5.74, 6) is 0. The van der Waals surface area contributed by atoms with Crippen molar-refractivity contribution in [2.45, 2.75) is 17.9 Å². The van der Waals surface area contributed by atoms with E-state index in [2.05, 4.69) is 0 Å². The first kappa shape index (κ1) is 13.8. The van der Waals surface area contributed by atoms with Gasteiger partial charge >= 0.3 is 0 Å². The lowest BCUT2D eigenvalue weighted by Gasteiger charge is -2.09. The summed E-state index contributed by atoms with van der Waals surface area (Å²) in [5, 5.41) is 8.73. The number of benzene rings is 1. The molecule has 0 atom stereocenters. The van der Waals surface area contributed by atoms with E-state index < -0.39 is 25.9 Å². The molecule has 0 radical (unpaired) electrons. The van der Waals surface area contributed by atoms with Gasteiger partial charge in [0, 0.05) is 22.8 Å². The Morgan fingerprint density at radius 3 is 2.41 bits per heavy atom. The third kappa shape index (κ3) is 2.91. The molecule has 0 bridgehead atoms. The molecule has 4 nitrogen and oxygen atoms in total. The van der Waals surface area contributed by atoms with E-state index in [9.17, 15) is 17.2 Å². The highest BCUT2D eigenvalue weighted by molar-refractivity contribution is 8.13. The van der Waals surface area contributed by atoms with Crippen molar-refractivity contribution >= 4 is 19.7 Å². The number of rotatable bonds is 3. The number of nitriles is 1. The van der Waals surface area contributed by atoms with E-state index in [1.54, 1.807) is 6.07 Å². The van der Waals surface area contributed by atoms with E-state index in [1.165, 1.54) is 0 Å². The van der Waals surface area contributed by atoms with Crippen molar-refractivity contribution in [3.63, 3.8) is 0 Å². The van der Waals surface area contributed by atoms with Crippen LogP contribution in [0.3, 0.4) is 0 Å². The third-order valence-corrected chi connectivity index (χ3v) is 3.44. The summed E-state index contributed by atoms with van der Waals surface area (Å²) in [5.41, 5.74) is 4.42. The van der Waals surface area contributed by atoms with Crippen LogP contribution in [0, 0.1) is 11.3 Å². The fraction of sp³-hybridized carbons (Fsp3) is 0.222. The predicted octanol–water partition coefficient (Wildman–Crippen LogP) is 1.88. The molecule has 0 unspecified atom stereocenters. The second kappa shape index (κ2) is 4.96. The Hall–Kier alpha value is -1.23. The molecular formula is C9H7ClF2N2O2S. The molecule has 0 saturated carbocycles. The zero-order valence-electron chi connectivity index (χ0n) is 8.32. The van der Waals surface area contributed by atoms with Crippen molar-refractivity contribution in [3.8, 4) is 6.07 Å². The molecule has 17 heavy (non-hydrogen) atoms. The van der Waals surface area contributed by atoms with Gasteiger partial charge in [-0.25, -0.2) is 17.2 Å². The maximum absolute atomic E-state index is 12.6. The molecule has 0 heterocycles. The summed E-state index contributed by atoms with van der Waals surface area (Å²) >= 11 is 0. The zero-order chi connectivity index (χ0) is 13.2. The predicted molar refractivity (Wildman–Crippen MR) is 57.0 cm³/mol. The molecule has 1 rings (SSSR count). The summed E-state index contributed by atoms with van der Waals surface area (Å²) in [6.45, 7) is -0.225. The first-order valence-corrected chi connectivity index (χ1v) is 6.62. The normalized spacial score (nSPS) is 11.5. The van der Waals surface area contributed by atoms with E-state index >= 15 is 0 Å². The number of nitrogens with zero attached hydrogens (tertiary/aromatic N) is 1. The average Bonchev–Trinajstić information content (AvgIpc) is 2.25. The summed E-state index contributed by atoms with van der Waals surface area (Å²) in [6.07, 6.45) is -2.89. The van der Waals surface area contributed by atoms with Crippen LogP contribution in [0.1, 0.15) is 23.1 Å². The molecule has 0 fully saturated rings. The number of nitrogens with two attached hydrogens (primary N) is 1. The van der Waals surface area contributed by atoms with Crippen LogP contribution in [-0.2, 0) is 15.6 Å². The van der Waals surface area contributed by atoms with Gasteiger partial charge in [0.2, 0.25) is 0 Å². The third-order valence-electron chi connectivity index (χ3n) is 2.08. The second-order valence-electron chi connectivity index (χ2n) is 3.10. The highest BCUT2D eigenvalue weighted by Crippen LogP contribution is 2.29. The quantitative estimate of drug-likeness (QED) is 0.857. The Kier molecular flexibility index (Phi) is 4.03. The SMILES string of the molecule is N#Cc1cc(CN)c(C(F)F)cc1S(=O)(=O)Cl. The van der Waals surface area contributed by atoms with Crippen molar-refractivity contribution in [1.82, 2.24) is 0 Å². The van der Waals surface area contributed by atoms with Gasteiger partial charge in [-0.15, -0.1) is 0 Å². The molecule has 0 amide bonds. The van der Waals surface area contributed by atoms with Gasteiger partial charge in [-0.05, 0) is 17.7 Å². The molecule has 8 heteroatoms. The number of hydrogen-bond acceptors (Lipinski definition) is 4. The van der Waals surface area contributed by atoms with E-state index in [1.807, 2.05) is 0 Å². The Morgan fingerprint density at radius 1 is 1.47 bits per heavy atom. The molecule has 0 aliphatic heterocycles. The van der Waals surface area contributed by atoms with Crippen molar-refractivity contribution < 1.29 is 17.2 Å². The van der Waals surface area contributed by atoms with Gasteiger partial charge in [0.1, 0.15) is 11.0 Å². The van der Waals surface area contributed by atoms with Gasteiger partial charge in [0.05, 0.1) is 5.56 Å². The summed E-state index contributed by atoms with van der Waals surface area (Å²) in [4.78, 5) is -0.630. The average molecular weight is 281 g/mol. The number of halogens is 3. The second-order valence-corrected chi connectivity index (χ2v) is 5.64. The monoisotopic (exact) mass is 280 g/mol. The molecule has 0 aliphatic rings. The largest absolute Gasteiger partial charge is 0.326 e. The summed E-state index contributed by atoms with van der Waals surface area (Å²) < 4.78 is 47.5. The van der Waals surface area contributed by atoms with E-state index in [4.69, 9.17) is 21.7 Å². The fourth-order valence-corrected chi connectivity index (χ4v) is 2.33. The molecule has 1 aromatic carbocycles. The Bertz CT molecular complexity index is 581. The van der Waals surface area contributed by atoms with Crippen molar-refractivity contribution in [2.75, 3.05) is 0 Å². The van der Waals surface area contributed by atoms with Gasteiger partial charge in [-0.2, -0.15) is 5.26 Å². The smallest absolute Gasteiger partial charge is 0.264 e. The molecule has 1 aromatic rings. The van der Waals surface area contributed by atoms with Gasteiger partial charge in [-0.3, -0.25) is 0 Å². The molecule has 92 valence electrons. The van der Waals surface area contributed by atoms with E-state index in [0.717, 1.165) is 6.07 Å². The Balaban J connectivity index is 3.64. The van der Waals surface area contributed by atoms with Crippen molar-refractivity contribution in [1.29, 1.82) is 5.26 Å². The maximum Gasteiger partial charge on any atom is 0.264 e. The number of hydrogen-bond donors (Lipinski definition) is 1. The molecule has 2 N–H and O–H groups in total. The molecule has 0 spiro atoms. The summed E-state index contributed by atoms with van der Waals surface area (Å²) in [7, 11) is 0.809. The topological polar surface area (TPSA) is 83.9 Å². The van der Waals surface area contributed by atoms with Crippen LogP contribution in [0.5, 0.6) is 0 Å². The highest BCUT2D eigenvalue weighted by atomic mass is 35.7. The van der Waals surface area contributed by atoms with Gasteiger partial charge in [0.15, 0.2) is 0 Å². The molecule has 0 aromatic heterocycles. The van der Waals surface area contributed by atoms with Gasteiger partial charge < -0.3 is 5.73 Å². The van der Waals surface area contributed by atoms with Crippen LogP contribution >= 0.6 is 10.7 Å². The maximum atomic E-state index is 12.6. The zero-order valence-corrected chi connectivity index (χ0v) is 9.89. The minimum atomic E-state index is -4.25. The van der Waals surface area contributed by atoms with Crippen LogP contribution in [0.4, 0.5) is 8.78 Å². The van der Waals surface area contributed by atoms with Crippen LogP contribution in [0.15, 0.2) is 17.0 Å². The molecular weight excluding hydrogens is 274 g/mol. The van der Waals surface area contributed by atoms with E-state index in [-0.39, 0.29) is 17.7 Å². The minimum absolute atomic E-state index is 0.0145. The minimum Gasteiger partial charge on any atom is -0.326 e.